The van der Waals surface area contributed by atoms with Gasteiger partial charge in [-0.25, -0.2) is 0 Å². The molecule has 3 aromatic carbocycles. The average molecular weight is 344 g/mol. The van der Waals surface area contributed by atoms with E-state index in [9.17, 15) is 0 Å². The molecule has 0 bridgehead atoms. The molecule has 0 aliphatic carbocycles. The lowest BCUT2D eigenvalue weighted by Gasteiger charge is -2.09. The lowest BCUT2D eigenvalue weighted by molar-refractivity contribution is 1.57. The van der Waals surface area contributed by atoms with Crippen LogP contribution in [0, 0.1) is 0 Å². The van der Waals surface area contributed by atoms with Crippen LogP contribution in [0.4, 0.5) is 0 Å². The Hall–Kier alpha value is -1.57. The fourth-order valence-corrected chi connectivity index (χ4v) is 3.00. The normalized spacial score (nSPS) is 10.5. The summed E-state index contributed by atoms with van der Waals surface area (Å²) in [6.07, 6.45) is 0. The molecular weight excluding hydrogens is 332 g/mol. The van der Waals surface area contributed by atoms with Crippen molar-refractivity contribution in [1.29, 1.82) is 0 Å². The molecule has 0 aliphatic rings. The molecule has 3 rings (SSSR count). The predicted octanol–water partition coefficient (Wildman–Crippen LogP) is 6.44. The summed E-state index contributed by atoms with van der Waals surface area (Å²) in [6.45, 7) is 0. The van der Waals surface area contributed by atoms with Crippen molar-refractivity contribution in [3.8, 4) is 22.3 Å². The Kier molecular flexibility index (Phi) is 3.90. The molecule has 0 spiro atoms. The Labute approximate surface area is 132 Å². The van der Waals surface area contributed by atoms with Crippen LogP contribution in [0.5, 0.6) is 0 Å². The third-order valence-corrected chi connectivity index (χ3v) is 4.24. The standard InChI is InChI=1S/C18H12BrCl/c19-17-9-5-4-8-15(17)16-11-10-14(12-18(16)20)13-6-2-1-3-7-13/h1-12H. The zero-order chi connectivity index (χ0) is 13.9. The molecule has 2 heteroatoms. The Bertz CT molecular complexity index is 735. The Balaban J connectivity index is 2.07. The predicted molar refractivity (Wildman–Crippen MR) is 90.0 cm³/mol. The maximum Gasteiger partial charge on any atom is 0.0490 e. The minimum atomic E-state index is 0.762. The van der Waals surface area contributed by atoms with Gasteiger partial charge in [-0.3, -0.25) is 0 Å². The highest BCUT2D eigenvalue weighted by Crippen LogP contribution is 2.35. The highest BCUT2D eigenvalue weighted by Gasteiger charge is 2.08. The van der Waals surface area contributed by atoms with Gasteiger partial charge in [0.25, 0.3) is 0 Å². The molecule has 0 aromatic heterocycles. The molecular formula is C18H12BrCl. The van der Waals surface area contributed by atoms with E-state index in [1.54, 1.807) is 0 Å². The number of hydrogen-bond donors (Lipinski definition) is 0. The zero-order valence-corrected chi connectivity index (χ0v) is 13.0. The molecule has 0 aliphatic heterocycles. The van der Waals surface area contributed by atoms with Gasteiger partial charge in [0.1, 0.15) is 0 Å². The monoisotopic (exact) mass is 342 g/mol. The van der Waals surface area contributed by atoms with Crippen molar-refractivity contribution in [3.63, 3.8) is 0 Å². The van der Waals surface area contributed by atoms with Gasteiger partial charge < -0.3 is 0 Å². The van der Waals surface area contributed by atoms with Gasteiger partial charge in [-0.15, -0.1) is 0 Å². The molecule has 0 atom stereocenters. The van der Waals surface area contributed by atoms with Crippen LogP contribution in [0.25, 0.3) is 22.3 Å². The molecule has 0 saturated heterocycles. The fraction of sp³-hybridized carbons (Fsp3) is 0. The molecule has 0 saturated carbocycles. The number of halogens is 2. The number of rotatable bonds is 2. The lowest BCUT2D eigenvalue weighted by Crippen LogP contribution is -1.83. The van der Waals surface area contributed by atoms with Gasteiger partial charge in [0.2, 0.25) is 0 Å². The highest BCUT2D eigenvalue weighted by molar-refractivity contribution is 9.10. The van der Waals surface area contributed by atoms with E-state index in [-0.39, 0.29) is 0 Å². The van der Waals surface area contributed by atoms with E-state index in [2.05, 4.69) is 46.3 Å². The molecule has 3 aromatic rings. The van der Waals surface area contributed by atoms with Crippen molar-refractivity contribution >= 4 is 27.5 Å². The summed E-state index contributed by atoms with van der Waals surface area (Å²) in [7, 11) is 0. The Morgan fingerprint density at radius 1 is 0.650 bits per heavy atom. The minimum absolute atomic E-state index is 0.762. The van der Waals surface area contributed by atoms with Crippen molar-refractivity contribution in [2.75, 3.05) is 0 Å². The van der Waals surface area contributed by atoms with Crippen molar-refractivity contribution in [3.05, 3.63) is 82.3 Å². The molecule has 98 valence electrons. The van der Waals surface area contributed by atoms with E-state index in [1.165, 1.54) is 5.56 Å². The summed E-state index contributed by atoms with van der Waals surface area (Å²) in [5, 5.41) is 0.762. The van der Waals surface area contributed by atoms with Crippen LogP contribution in [0.1, 0.15) is 0 Å². The summed E-state index contributed by atoms with van der Waals surface area (Å²) in [6, 6.07) is 24.6. The van der Waals surface area contributed by atoms with Crippen LogP contribution >= 0.6 is 27.5 Å². The van der Waals surface area contributed by atoms with Crippen molar-refractivity contribution in [2.24, 2.45) is 0 Å². The van der Waals surface area contributed by atoms with E-state index in [1.807, 2.05) is 42.5 Å². The van der Waals surface area contributed by atoms with Gasteiger partial charge in [0, 0.05) is 15.1 Å². The van der Waals surface area contributed by atoms with Crippen molar-refractivity contribution in [1.82, 2.24) is 0 Å². The van der Waals surface area contributed by atoms with Gasteiger partial charge in [-0.05, 0) is 28.8 Å². The lowest BCUT2D eigenvalue weighted by atomic mass is 10.0. The first-order valence-corrected chi connectivity index (χ1v) is 7.52. The van der Waals surface area contributed by atoms with Crippen LogP contribution in [-0.4, -0.2) is 0 Å². The summed E-state index contributed by atoms with van der Waals surface area (Å²) < 4.78 is 1.05. The number of benzene rings is 3. The molecule has 0 nitrogen and oxygen atoms in total. The summed E-state index contributed by atoms with van der Waals surface area (Å²) in [5.74, 6) is 0. The quantitative estimate of drug-likeness (QED) is 0.502. The van der Waals surface area contributed by atoms with E-state index in [0.717, 1.165) is 26.2 Å². The summed E-state index contributed by atoms with van der Waals surface area (Å²) >= 11 is 10.0. The van der Waals surface area contributed by atoms with E-state index >= 15 is 0 Å². The summed E-state index contributed by atoms with van der Waals surface area (Å²) in [4.78, 5) is 0. The third-order valence-electron chi connectivity index (χ3n) is 3.24. The first-order chi connectivity index (χ1) is 9.75. The smallest absolute Gasteiger partial charge is 0.0490 e. The molecule has 0 N–H and O–H groups in total. The van der Waals surface area contributed by atoms with Crippen molar-refractivity contribution < 1.29 is 0 Å². The maximum absolute atomic E-state index is 6.46. The Morgan fingerprint density at radius 2 is 1.35 bits per heavy atom. The fourth-order valence-electron chi connectivity index (χ4n) is 2.22. The SMILES string of the molecule is Clc1cc(-c2ccccc2)ccc1-c1ccccc1Br. The van der Waals surface area contributed by atoms with Gasteiger partial charge in [0.15, 0.2) is 0 Å². The molecule has 0 heterocycles. The Morgan fingerprint density at radius 3 is 2.05 bits per heavy atom. The maximum atomic E-state index is 6.46. The average Bonchev–Trinajstić information content (AvgIpc) is 2.49. The second-order valence-corrected chi connectivity index (χ2v) is 5.80. The summed E-state index contributed by atoms with van der Waals surface area (Å²) in [5.41, 5.74) is 4.45. The van der Waals surface area contributed by atoms with Crippen LogP contribution < -0.4 is 0 Å². The first kappa shape index (κ1) is 13.4. The zero-order valence-electron chi connectivity index (χ0n) is 10.7. The van der Waals surface area contributed by atoms with Gasteiger partial charge >= 0.3 is 0 Å². The highest BCUT2D eigenvalue weighted by atomic mass is 79.9. The van der Waals surface area contributed by atoms with Gasteiger partial charge in [-0.1, -0.05) is 88.2 Å². The second kappa shape index (κ2) is 5.82. The van der Waals surface area contributed by atoms with Gasteiger partial charge in [0.05, 0.1) is 0 Å². The minimum Gasteiger partial charge on any atom is -0.0836 e. The van der Waals surface area contributed by atoms with Crippen LogP contribution in [0.3, 0.4) is 0 Å². The van der Waals surface area contributed by atoms with Crippen LogP contribution in [0.15, 0.2) is 77.3 Å². The number of hydrogen-bond acceptors (Lipinski definition) is 0. The molecule has 20 heavy (non-hydrogen) atoms. The third kappa shape index (κ3) is 2.65. The van der Waals surface area contributed by atoms with Crippen molar-refractivity contribution in [2.45, 2.75) is 0 Å². The topological polar surface area (TPSA) is 0 Å². The first-order valence-electron chi connectivity index (χ1n) is 6.35. The largest absolute Gasteiger partial charge is 0.0836 e. The van der Waals surface area contributed by atoms with E-state index in [0.29, 0.717) is 0 Å². The van der Waals surface area contributed by atoms with Gasteiger partial charge in [-0.2, -0.15) is 0 Å². The second-order valence-electron chi connectivity index (χ2n) is 4.54. The van der Waals surface area contributed by atoms with Crippen LogP contribution in [0.2, 0.25) is 5.02 Å². The van der Waals surface area contributed by atoms with Crippen LogP contribution in [-0.2, 0) is 0 Å². The van der Waals surface area contributed by atoms with E-state index in [4.69, 9.17) is 11.6 Å². The molecule has 0 radical (unpaired) electrons. The van der Waals surface area contributed by atoms with E-state index < -0.39 is 0 Å². The molecule has 0 unspecified atom stereocenters. The molecule has 0 fully saturated rings. The molecule has 0 amide bonds.